The van der Waals surface area contributed by atoms with Crippen LogP contribution in [0.25, 0.3) is 11.0 Å². The lowest BCUT2D eigenvalue weighted by atomic mass is 9.68. The molecule has 0 saturated heterocycles. The lowest BCUT2D eigenvalue weighted by molar-refractivity contribution is -0.165. The summed E-state index contributed by atoms with van der Waals surface area (Å²) in [7, 11) is 0. The van der Waals surface area contributed by atoms with Crippen molar-refractivity contribution in [1.29, 1.82) is 0 Å². The van der Waals surface area contributed by atoms with Crippen LogP contribution >= 0.6 is 0 Å². The summed E-state index contributed by atoms with van der Waals surface area (Å²) < 4.78 is 19.8. The van der Waals surface area contributed by atoms with E-state index in [1.807, 2.05) is 31.4 Å². The summed E-state index contributed by atoms with van der Waals surface area (Å²) in [4.78, 5) is 27.6. The molecule has 4 aliphatic rings. The van der Waals surface area contributed by atoms with Crippen molar-refractivity contribution in [1.82, 2.24) is 10.6 Å². The van der Waals surface area contributed by atoms with Gasteiger partial charge in [0.05, 0.1) is 30.8 Å². The lowest BCUT2D eigenvalue weighted by Gasteiger charge is -2.49. The van der Waals surface area contributed by atoms with Crippen molar-refractivity contribution in [3.8, 4) is 17.2 Å². The number of allylic oxidation sites excluding steroid dienone is 5. The molecule has 11 N–H and O–H groups in total. The van der Waals surface area contributed by atoms with Crippen molar-refractivity contribution in [2.45, 2.75) is 75.8 Å². The third-order valence-corrected chi connectivity index (χ3v) is 11.7. The quantitative estimate of drug-likeness (QED) is 0.112. The van der Waals surface area contributed by atoms with Gasteiger partial charge in [0.1, 0.15) is 52.3 Å². The molecule has 296 valence electrons. The SMILES string of the molecule is C/C=C(/CO)C(=O)O[C@@H]1Cc2c3c(c4oc(CO)cc(=O)c4c2O)[C@@H]([C@H](CO)c2cccc(O)c2)C2=CCNC(N)=C2CC[C@@H](CC2=CNC(N)C=C2)[C@]1(C)O3. The number of dihydropyridines is 2. The first-order valence-electron chi connectivity index (χ1n) is 18.7. The maximum absolute atomic E-state index is 13.9. The van der Waals surface area contributed by atoms with Gasteiger partial charge in [-0.05, 0) is 73.6 Å². The smallest absolute Gasteiger partial charge is 0.336 e. The first-order valence-corrected chi connectivity index (χ1v) is 18.7. The molecule has 0 amide bonds. The Morgan fingerprint density at radius 3 is 2.68 bits per heavy atom. The summed E-state index contributed by atoms with van der Waals surface area (Å²) in [5.74, 6) is -2.76. The summed E-state index contributed by atoms with van der Waals surface area (Å²) in [5, 5.41) is 60.5. The predicted octanol–water partition coefficient (Wildman–Crippen LogP) is 2.93. The Labute approximate surface area is 323 Å². The average molecular weight is 769 g/mol. The molecule has 14 heteroatoms. The molecule has 7 rings (SSSR count). The van der Waals surface area contributed by atoms with Crippen LogP contribution in [0.15, 0.2) is 98.2 Å². The first kappa shape index (κ1) is 38.7. The molecule has 5 heterocycles. The molecule has 56 heavy (non-hydrogen) atoms. The summed E-state index contributed by atoms with van der Waals surface area (Å²) in [6.07, 6.45) is 8.80. The monoisotopic (exact) mass is 768 g/mol. The van der Waals surface area contributed by atoms with Gasteiger partial charge in [0.15, 0.2) is 5.43 Å². The number of fused-ring (bicyclic) bond motifs is 4. The number of nitrogens with two attached hydrogens (primary N) is 2. The van der Waals surface area contributed by atoms with Crippen LogP contribution in [0.4, 0.5) is 0 Å². The van der Waals surface area contributed by atoms with Crippen LogP contribution in [0.2, 0.25) is 0 Å². The Morgan fingerprint density at radius 2 is 2.00 bits per heavy atom. The second kappa shape index (κ2) is 15.5. The van der Waals surface area contributed by atoms with Crippen LogP contribution in [-0.4, -0.2) is 69.1 Å². The van der Waals surface area contributed by atoms with Gasteiger partial charge in [-0.2, -0.15) is 0 Å². The maximum Gasteiger partial charge on any atom is 0.336 e. The molecule has 2 bridgehead atoms. The van der Waals surface area contributed by atoms with E-state index in [4.69, 9.17) is 25.4 Å². The molecule has 0 saturated carbocycles. The highest BCUT2D eigenvalue weighted by Crippen LogP contribution is 2.57. The third-order valence-electron chi connectivity index (χ3n) is 11.7. The van der Waals surface area contributed by atoms with Crippen molar-refractivity contribution in [3.05, 3.63) is 122 Å². The van der Waals surface area contributed by atoms with Gasteiger partial charge >= 0.3 is 5.97 Å². The van der Waals surface area contributed by atoms with Crippen LogP contribution in [0.5, 0.6) is 17.2 Å². The zero-order chi connectivity index (χ0) is 39.9. The molecule has 1 unspecified atom stereocenters. The fourth-order valence-corrected chi connectivity index (χ4v) is 8.64. The highest BCUT2D eigenvalue weighted by atomic mass is 16.6. The summed E-state index contributed by atoms with van der Waals surface area (Å²) in [5.41, 5.74) is 14.3. The summed E-state index contributed by atoms with van der Waals surface area (Å²) >= 11 is 0. The number of benzene rings is 2. The molecule has 1 aromatic heterocycles. The summed E-state index contributed by atoms with van der Waals surface area (Å²) in [6, 6.07) is 7.63. The molecule has 14 nitrogen and oxygen atoms in total. The largest absolute Gasteiger partial charge is 0.508 e. The highest BCUT2D eigenvalue weighted by molar-refractivity contribution is 5.92. The number of aromatic hydroxyl groups is 2. The second-order valence-electron chi connectivity index (χ2n) is 14.9. The van der Waals surface area contributed by atoms with Gasteiger partial charge in [-0.1, -0.05) is 30.4 Å². The zero-order valence-electron chi connectivity index (χ0n) is 31.2. The average Bonchev–Trinajstić information content (AvgIpc) is 3.17. The number of rotatable bonds is 9. The first-order chi connectivity index (χ1) is 26.9. The number of ether oxygens (including phenoxy) is 2. The van der Waals surface area contributed by atoms with Crippen LogP contribution < -0.4 is 32.3 Å². The molecule has 6 atom stereocenters. The number of phenols is 2. The standard InChI is InChI=1S/C42H48N4O10/c1-3-22(18-47)41(53)55-32-16-29-37(52)35-31(51)15-26(19-48)54-39(35)36-34(30(20-49)23-5-4-6-25(50)14-23)27-11-12-45-40(44)28(27)9-8-24(42(32,2)56-38(29)36)13-21-7-10-33(43)46-17-21/h3-7,10-11,14-15,17,24,30,32-34,45-50,52H,8-9,12-13,16,18-20,43-44H2,1-2H3/b22-3-/t24-,30+,32+,33?,34+,42-/m0/s1. The molecule has 4 aliphatic heterocycles. The highest BCUT2D eigenvalue weighted by Gasteiger charge is 2.53. The van der Waals surface area contributed by atoms with Crippen LogP contribution in [0.1, 0.15) is 67.4 Å². The number of carbonyl (C=O) groups excluding carboxylic acids is 1. The molecule has 0 aliphatic carbocycles. The van der Waals surface area contributed by atoms with Gasteiger partial charge in [0.2, 0.25) is 0 Å². The van der Waals surface area contributed by atoms with Crippen molar-refractivity contribution in [2.75, 3.05) is 19.8 Å². The predicted molar refractivity (Wildman–Crippen MR) is 207 cm³/mol. The van der Waals surface area contributed by atoms with Crippen LogP contribution in [0, 0.1) is 5.92 Å². The lowest BCUT2D eigenvalue weighted by Crippen LogP contribution is -2.57. The Hall–Kier alpha value is -5.54. The Kier molecular flexibility index (Phi) is 10.7. The van der Waals surface area contributed by atoms with Crippen LogP contribution in [-0.2, 0) is 22.6 Å². The number of esters is 1. The minimum absolute atomic E-state index is 0.0247. The minimum Gasteiger partial charge on any atom is -0.508 e. The number of hydrogen-bond donors (Lipinski definition) is 9. The Balaban J connectivity index is 1.58. The van der Waals surface area contributed by atoms with E-state index >= 15 is 0 Å². The van der Waals surface area contributed by atoms with Crippen molar-refractivity contribution in [3.63, 3.8) is 0 Å². The van der Waals surface area contributed by atoms with Crippen LogP contribution in [0.3, 0.4) is 0 Å². The minimum atomic E-state index is -1.34. The van der Waals surface area contributed by atoms with Gasteiger partial charge in [0, 0.05) is 54.1 Å². The van der Waals surface area contributed by atoms with E-state index in [0.717, 1.165) is 22.8 Å². The van der Waals surface area contributed by atoms with Crippen molar-refractivity contribution < 1.29 is 44.2 Å². The van der Waals surface area contributed by atoms with E-state index in [1.54, 1.807) is 25.1 Å². The van der Waals surface area contributed by atoms with Gasteiger partial charge in [-0.3, -0.25) is 4.79 Å². The second-order valence-corrected chi connectivity index (χ2v) is 14.9. The number of aliphatic hydroxyl groups excluding tert-OH is 3. The maximum atomic E-state index is 13.9. The number of aliphatic hydroxyl groups is 3. The molecular formula is C42H48N4O10. The third kappa shape index (κ3) is 6.83. The van der Waals surface area contributed by atoms with E-state index in [-0.39, 0.29) is 52.0 Å². The topological polar surface area (TPSA) is 243 Å². The van der Waals surface area contributed by atoms with E-state index < -0.39 is 66.4 Å². The normalized spacial score (nSPS) is 25.2. The van der Waals surface area contributed by atoms with E-state index in [9.17, 15) is 35.1 Å². The molecule has 2 aromatic carbocycles. The van der Waals surface area contributed by atoms with Crippen molar-refractivity contribution >= 4 is 16.9 Å². The van der Waals surface area contributed by atoms with Gasteiger partial charge in [-0.15, -0.1) is 0 Å². The van der Waals surface area contributed by atoms with Crippen molar-refractivity contribution in [2.24, 2.45) is 17.4 Å². The van der Waals surface area contributed by atoms with E-state index in [1.165, 1.54) is 12.1 Å². The van der Waals surface area contributed by atoms with Gasteiger partial charge < -0.3 is 61.5 Å². The number of nitrogens with one attached hydrogen (secondary N) is 2. The fraction of sp³-hybridized carbons (Fsp3) is 0.381. The van der Waals surface area contributed by atoms with Gasteiger partial charge in [-0.25, -0.2) is 4.79 Å². The Bertz CT molecular complexity index is 2270. The van der Waals surface area contributed by atoms with E-state index in [0.29, 0.717) is 42.8 Å². The Morgan fingerprint density at radius 1 is 1.20 bits per heavy atom. The zero-order valence-corrected chi connectivity index (χ0v) is 31.2. The van der Waals surface area contributed by atoms with Gasteiger partial charge in [0.25, 0.3) is 0 Å². The molecule has 0 radical (unpaired) electrons. The van der Waals surface area contributed by atoms with E-state index in [2.05, 4.69) is 10.6 Å². The fourth-order valence-electron chi connectivity index (χ4n) is 8.64. The molecule has 0 fully saturated rings. The number of carbonyl (C=O) groups is 1. The number of hydrogen-bond acceptors (Lipinski definition) is 14. The molecule has 0 spiro atoms. The summed E-state index contributed by atoms with van der Waals surface area (Å²) in [6.45, 7) is 2.18. The number of phenolic OH excluding ortho intramolecular Hbond substituents is 2. The molecule has 3 aromatic rings. The molecular weight excluding hydrogens is 720 g/mol.